The Kier molecular flexibility index (Phi) is 4.70. The Morgan fingerprint density at radius 1 is 1.45 bits per heavy atom. The van der Waals surface area contributed by atoms with Crippen molar-refractivity contribution in [3.63, 3.8) is 0 Å². The standard InChI is InChI=1S/C13H21N5O2/c1-3-8-14-12-11(18(19)20)13(16-9-15-12)17(2)10-6-4-5-7-10/h9-10H,3-8H2,1-2H3,(H,14,15,16). The molecule has 1 aromatic rings. The van der Waals surface area contributed by atoms with Gasteiger partial charge in [0.1, 0.15) is 6.33 Å². The van der Waals surface area contributed by atoms with Gasteiger partial charge in [-0.25, -0.2) is 9.97 Å². The van der Waals surface area contributed by atoms with Gasteiger partial charge in [0, 0.05) is 19.6 Å². The first-order valence-electron chi connectivity index (χ1n) is 7.11. The summed E-state index contributed by atoms with van der Waals surface area (Å²) in [6.45, 7) is 2.66. The number of rotatable bonds is 6. The molecule has 0 spiro atoms. The van der Waals surface area contributed by atoms with Gasteiger partial charge in [-0.1, -0.05) is 19.8 Å². The predicted octanol–water partition coefficient (Wildman–Crippen LogP) is 2.59. The van der Waals surface area contributed by atoms with Crippen LogP contribution < -0.4 is 10.2 Å². The van der Waals surface area contributed by atoms with Crippen molar-refractivity contribution >= 4 is 17.3 Å². The van der Waals surface area contributed by atoms with Crippen molar-refractivity contribution in [2.75, 3.05) is 23.8 Å². The molecule has 1 heterocycles. The molecule has 0 amide bonds. The molecule has 1 aromatic heterocycles. The minimum Gasteiger partial charge on any atom is -0.364 e. The molecule has 1 N–H and O–H groups in total. The molecule has 0 bridgehead atoms. The van der Waals surface area contributed by atoms with Gasteiger partial charge in [0.15, 0.2) is 0 Å². The molecule has 0 unspecified atom stereocenters. The third-order valence-corrected chi connectivity index (χ3v) is 3.73. The minimum absolute atomic E-state index is 0.0182. The molecular formula is C13H21N5O2. The Hall–Kier alpha value is -1.92. The highest BCUT2D eigenvalue weighted by atomic mass is 16.6. The monoisotopic (exact) mass is 279 g/mol. The highest BCUT2D eigenvalue weighted by Crippen LogP contribution is 2.34. The fraction of sp³-hybridized carbons (Fsp3) is 0.692. The zero-order valence-corrected chi connectivity index (χ0v) is 12.0. The van der Waals surface area contributed by atoms with Crippen LogP contribution in [0.1, 0.15) is 39.0 Å². The number of nitrogens with zero attached hydrogens (tertiary/aromatic N) is 4. The van der Waals surface area contributed by atoms with Crippen LogP contribution in [0.4, 0.5) is 17.3 Å². The van der Waals surface area contributed by atoms with E-state index in [1.807, 2.05) is 18.9 Å². The zero-order valence-electron chi connectivity index (χ0n) is 12.0. The van der Waals surface area contributed by atoms with E-state index in [-0.39, 0.29) is 5.69 Å². The third-order valence-electron chi connectivity index (χ3n) is 3.73. The van der Waals surface area contributed by atoms with Gasteiger partial charge in [-0.2, -0.15) is 0 Å². The molecule has 7 nitrogen and oxygen atoms in total. The van der Waals surface area contributed by atoms with E-state index in [9.17, 15) is 10.1 Å². The van der Waals surface area contributed by atoms with Crippen LogP contribution in [0.2, 0.25) is 0 Å². The lowest BCUT2D eigenvalue weighted by atomic mass is 10.2. The van der Waals surface area contributed by atoms with Crippen LogP contribution in [0.5, 0.6) is 0 Å². The molecule has 1 aliphatic rings. The van der Waals surface area contributed by atoms with Crippen molar-refractivity contribution in [1.29, 1.82) is 0 Å². The van der Waals surface area contributed by atoms with E-state index >= 15 is 0 Å². The Balaban J connectivity index is 2.33. The Labute approximate surface area is 118 Å². The van der Waals surface area contributed by atoms with E-state index in [2.05, 4.69) is 15.3 Å². The highest BCUT2D eigenvalue weighted by Gasteiger charge is 2.29. The average molecular weight is 279 g/mol. The quantitative estimate of drug-likeness (QED) is 0.636. The summed E-state index contributed by atoms with van der Waals surface area (Å²) >= 11 is 0. The first-order chi connectivity index (χ1) is 9.65. The molecule has 1 saturated carbocycles. The molecule has 0 radical (unpaired) electrons. The average Bonchev–Trinajstić information content (AvgIpc) is 2.97. The van der Waals surface area contributed by atoms with Crippen molar-refractivity contribution < 1.29 is 4.92 Å². The smallest absolute Gasteiger partial charge is 0.353 e. The van der Waals surface area contributed by atoms with Gasteiger partial charge in [0.05, 0.1) is 4.92 Å². The summed E-state index contributed by atoms with van der Waals surface area (Å²) in [4.78, 5) is 21.1. The van der Waals surface area contributed by atoms with Crippen LogP contribution in [0.25, 0.3) is 0 Å². The molecule has 0 aliphatic heterocycles. The van der Waals surface area contributed by atoms with E-state index in [0.29, 0.717) is 24.2 Å². The lowest BCUT2D eigenvalue weighted by Crippen LogP contribution is -2.30. The molecule has 0 atom stereocenters. The first kappa shape index (κ1) is 14.5. The number of hydrogen-bond donors (Lipinski definition) is 1. The largest absolute Gasteiger partial charge is 0.364 e. The molecule has 2 rings (SSSR count). The lowest BCUT2D eigenvalue weighted by Gasteiger charge is -2.25. The fourth-order valence-electron chi connectivity index (χ4n) is 2.63. The fourth-order valence-corrected chi connectivity index (χ4v) is 2.63. The molecule has 110 valence electrons. The van der Waals surface area contributed by atoms with Crippen molar-refractivity contribution in [2.24, 2.45) is 0 Å². The number of nitrogens with one attached hydrogen (secondary N) is 1. The summed E-state index contributed by atoms with van der Waals surface area (Å²) in [5.74, 6) is 0.724. The maximum atomic E-state index is 11.4. The maximum Gasteiger partial charge on any atom is 0.353 e. The van der Waals surface area contributed by atoms with Crippen LogP contribution in [-0.4, -0.2) is 34.5 Å². The van der Waals surface area contributed by atoms with Gasteiger partial charge >= 0.3 is 5.69 Å². The number of anilines is 2. The summed E-state index contributed by atoms with van der Waals surface area (Å²) in [5, 5.41) is 14.4. The molecule has 1 fully saturated rings. The van der Waals surface area contributed by atoms with Crippen LogP contribution in [0.3, 0.4) is 0 Å². The van der Waals surface area contributed by atoms with Crippen LogP contribution in [-0.2, 0) is 0 Å². The minimum atomic E-state index is -0.390. The van der Waals surface area contributed by atoms with Crippen LogP contribution in [0.15, 0.2) is 6.33 Å². The second kappa shape index (κ2) is 6.49. The Morgan fingerprint density at radius 2 is 2.15 bits per heavy atom. The predicted molar refractivity (Wildman–Crippen MR) is 78.1 cm³/mol. The van der Waals surface area contributed by atoms with Crippen molar-refractivity contribution in [3.8, 4) is 0 Å². The van der Waals surface area contributed by atoms with E-state index in [0.717, 1.165) is 19.3 Å². The number of nitro groups is 1. The van der Waals surface area contributed by atoms with E-state index in [4.69, 9.17) is 0 Å². The topological polar surface area (TPSA) is 84.2 Å². The van der Waals surface area contributed by atoms with Gasteiger partial charge in [0.25, 0.3) is 0 Å². The Bertz CT molecular complexity index is 474. The SMILES string of the molecule is CCCNc1ncnc(N(C)C2CCCC2)c1[N+](=O)[O-]. The molecule has 1 aliphatic carbocycles. The second-order valence-corrected chi connectivity index (χ2v) is 5.13. The summed E-state index contributed by atoms with van der Waals surface area (Å²) in [6.07, 6.45) is 6.76. The normalized spacial score (nSPS) is 15.3. The van der Waals surface area contributed by atoms with E-state index in [1.165, 1.54) is 19.2 Å². The summed E-state index contributed by atoms with van der Waals surface area (Å²) in [5.41, 5.74) is -0.0182. The van der Waals surface area contributed by atoms with Crippen molar-refractivity contribution in [2.45, 2.75) is 45.1 Å². The molecule has 0 aromatic carbocycles. The third kappa shape index (κ3) is 2.97. The zero-order chi connectivity index (χ0) is 14.5. The van der Waals surface area contributed by atoms with E-state index < -0.39 is 4.92 Å². The van der Waals surface area contributed by atoms with E-state index in [1.54, 1.807) is 0 Å². The molecule has 20 heavy (non-hydrogen) atoms. The number of hydrogen-bond acceptors (Lipinski definition) is 6. The van der Waals surface area contributed by atoms with Gasteiger partial charge in [-0.05, 0) is 19.3 Å². The second-order valence-electron chi connectivity index (χ2n) is 5.13. The van der Waals surface area contributed by atoms with Crippen molar-refractivity contribution in [3.05, 3.63) is 16.4 Å². The van der Waals surface area contributed by atoms with Crippen molar-refractivity contribution in [1.82, 2.24) is 9.97 Å². The molecule has 0 saturated heterocycles. The summed E-state index contributed by atoms with van der Waals surface area (Å²) < 4.78 is 0. The van der Waals surface area contributed by atoms with Gasteiger partial charge in [-0.15, -0.1) is 0 Å². The summed E-state index contributed by atoms with van der Waals surface area (Å²) in [7, 11) is 1.88. The van der Waals surface area contributed by atoms with Gasteiger partial charge in [-0.3, -0.25) is 10.1 Å². The maximum absolute atomic E-state index is 11.4. The van der Waals surface area contributed by atoms with Gasteiger partial charge < -0.3 is 10.2 Å². The lowest BCUT2D eigenvalue weighted by molar-refractivity contribution is -0.383. The molecule has 7 heteroatoms. The first-order valence-corrected chi connectivity index (χ1v) is 7.11. The highest BCUT2D eigenvalue weighted by molar-refractivity contribution is 5.70. The van der Waals surface area contributed by atoms with Crippen LogP contribution >= 0.6 is 0 Å². The van der Waals surface area contributed by atoms with Crippen LogP contribution in [0, 0.1) is 10.1 Å². The summed E-state index contributed by atoms with van der Waals surface area (Å²) in [6, 6.07) is 0.336. The van der Waals surface area contributed by atoms with Gasteiger partial charge in [0.2, 0.25) is 11.6 Å². The molecular weight excluding hydrogens is 258 g/mol. The number of aromatic nitrogens is 2. The Morgan fingerprint density at radius 3 is 2.75 bits per heavy atom.